The second-order valence-electron chi connectivity index (χ2n) is 4.46. The molecule has 0 radical (unpaired) electrons. The molecule has 2 aromatic carbocycles. The SMILES string of the molecule is O=c1[nH]c(=O)n(C(c2ccccc2)c2ccccc2)[nH]1. The van der Waals surface area contributed by atoms with Crippen LogP contribution in [0.4, 0.5) is 0 Å². The minimum Gasteiger partial charge on any atom is -0.257 e. The van der Waals surface area contributed by atoms with Crippen molar-refractivity contribution in [3.05, 3.63) is 92.8 Å². The lowest BCUT2D eigenvalue weighted by Crippen LogP contribution is -2.25. The first-order valence-electron chi connectivity index (χ1n) is 6.26. The van der Waals surface area contributed by atoms with Gasteiger partial charge in [0.1, 0.15) is 6.04 Å². The molecule has 0 aliphatic carbocycles. The van der Waals surface area contributed by atoms with Crippen molar-refractivity contribution in [1.82, 2.24) is 14.8 Å². The summed E-state index contributed by atoms with van der Waals surface area (Å²) in [5.41, 5.74) is 0.895. The van der Waals surface area contributed by atoms with E-state index in [1.54, 1.807) is 0 Å². The van der Waals surface area contributed by atoms with Gasteiger partial charge in [-0.1, -0.05) is 60.7 Å². The highest BCUT2D eigenvalue weighted by Crippen LogP contribution is 2.23. The third-order valence-electron chi connectivity index (χ3n) is 3.15. The van der Waals surface area contributed by atoms with Crippen LogP contribution in [0.1, 0.15) is 17.2 Å². The standard InChI is InChI=1S/C15H13N3O2/c19-14-16-15(20)18(17-14)13(11-7-3-1-4-8-11)12-9-5-2-6-10-12/h1-10,13H,(H2,16,17,19,20). The molecule has 0 aliphatic heterocycles. The Morgan fingerprint density at radius 2 is 1.30 bits per heavy atom. The smallest absolute Gasteiger partial charge is 0.257 e. The molecule has 0 aliphatic rings. The third-order valence-corrected chi connectivity index (χ3v) is 3.15. The molecular formula is C15H13N3O2. The Hall–Kier alpha value is -2.82. The van der Waals surface area contributed by atoms with Crippen molar-refractivity contribution in [2.45, 2.75) is 6.04 Å². The summed E-state index contributed by atoms with van der Waals surface area (Å²) in [4.78, 5) is 25.5. The van der Waals surface area contributed by atoms with Crippen molar-refractivity contribution < 1.29 is 0 Å². The number of hydrogen-bond acceptors (Lipinski definition) is 2. The fraction of sp³-hybridized carbons (Fsp3) is 0.0667. The Balaban J connectivity index is 2.22. The Morgan fingerprint density at radius 3 is 1.70 bits per heavy atom. The molecule has 0 fully saturated rings. The van der Waals surface area contributed by atoms with Gasteiger partial charge in [-0.05, 0) is 11.1 Å². The van der Waals surface area contributed by atoms with Crippen LogP contribution in [0.2, 0.25) is 0 Å². The van der Waals surface area contributed by atoms with Gasteiger partial charge < -0.3 is 0 Å². The Bertz CT molecular complexity index is 761. The number of H-pyrrole nitrogens is 2. The topological polar surface area (TPSA) is 70.7 Å². The predicted octanol–water partition coefficient (Wildman–Crippen LogP) is 1.50. The Morgan fingerprint density at radius 1 is 0.800 bits per heavy atom. The first-order chi connectivity index (χ1) is 9.75. The maximum Gasteiger partial charge on any atom is 0.345 e. The van der Waals surface area contributed by atoms with Crippen LogP contribution in [0, 0.1) is 0 Å². The van der Waals surface area contributed by atoms with Crippen molar-refractivity contribution in [3.63, 3.8) is 0 Å². The minimum atomic E-state index is -0.508. The first kappa shape index (κ1) is 12.2. The maximum atomic E-state index is 11.9. The number of nitrogens with one attached hydrogen (secondary N) is 2. The molecule has 3 aromatic rings. The predicted molar refractivity (Wildman–Crippen MR) is 75.8 cm³/mol. The molecule has 5 nitrogen and oxygen atoms in total. The van der Waals surface area contributed by atoms with Crippen molar-refractivity contribution in [2.24, 2.45) is 0 Å². The number of rotatable bonds is 3. The van der Waals surface area contributed by atoms with Crippen LogP contribution in [0.5, 0.6) is 0 Å². The molecule has 0 amide bonds. The lowest BCUT2D eigenvalue weighted by atomic mass is 9.99. The summed E-state index contributed by atoms with van der Waals surface area (Å²) in [6, 6.07) is 18.8. The van der Waals surface area contributed by atoms with Gasteiger partial charge in [0, 0.05) is 0 Å². The van der Waals surface area contributed by atoms with Gasteiger partial charge in [0.15, 0.2) is 0 Å². The van der Waals surface area contributed by atoms with Crippen LogP contribution in [-0.4, -0.2) is 14.8 Å². The van der Waals surface area contributed by atoms with E-state index in [-0.39, 0.29) is 6.04 Å². The molecule has 0 unspecified atom stereocenters. The number of aromatic nitrogens is 3. The average Bonchev–Trinajstić information content (AvgIpc) is 2.80. The largest absolute Gasteiger partial charge is 0.345 e. The van der Waals surface area contributed by atoms with Crippen LogP contribution in [0.15, 0.2) is 70.3 Å². The van der Waals surface area contributed by atoms with E-state index in [2.05, 4.69) is 10.1 Å². The zero-order chi connectivity index (χ0) is 13.9. The molecule has 0 atom stereocenters. The molecule has 5 heteroatoms. The molecule has 100 valence electrons. The van der Waals surface area contributed by atoms with E-state index in [1.165, 1.54) is 4.68 Å². The Labute approximate surface area is 114 Å². The molecule has 0 spiro atoms. The minimum absolute atomic E-state index is 0.358. The number of nitrogens with zero attached hydrogens (tertiary/aromatic N) is 1. The van der Waals surface area contributed by atoms with Crippen molar-refractivity contribution >= 4 is 0 Å². The Kier molecular flexibility index (Phi) is 3.09. The molecule has 20 heavy (non-hydrogen) atoms. The van der Waals surface area contributed by atoms with Crippen LogP contribution >= 0.6 is 0 Å². The molecule has 1 heterocycles. The second-order valence-corrected chi connectivity index (χ2v) is 4.46. The highest BCUT2D eigenvalue weighted by molar-refractivity contribution is 5.32. The zero-order valence-electron chi connectivity index (χ0n) is 10.6. The highest BCUT2D eigenvalue weighted by atomic mass is 16.2. The van der Waals surface area contributed by atoms with Gasteiger partial charge in [-0.3, -0.25) is 4.98 Å². The molecule has 3 rings (SSSR count). The van der Waals surface area contributed by atoms with E-state index in [9.17, 15) is 9.59 Å². The summed E-state index contributed by atoms with van der Waals surface area (Å²) in [5, 5.41) is 2.53. The van der Waals surface area contributed by atoms with Gasteiger partial charge in [-0.25, -0.2) is 19.4 Å². The van der Waals surface area contributed by atoms with E-state index in [0.29, 0.717) is 0 Å². The van der Waals surface area contributed by atoms with Gasteiger partial charge >= 0.3 is 11.4 Å². The highest BCUT2D eigenvalue weighted by Gasteiger charge is 2.18. The number of hydrogen-bond donors (Lipinski definition) is 2. The fourth-order valence-electron chi connectivity index (χ4n) is 2.29. The molecule has 2 N–H and O–H groups in total. The molecule has 1 aromatic heterocycles. The lowest BCUT2D eigenvalue weighted by molar-refractivity contribution is 0.570. The number of benzene rings is 2. The van der Waals surface area contributed by atoms with Gasteiger partial charge in [0.2, 0.25) is 0 Å². The monoisotopic (exact) mass is 267 g/mol. The summed E-state index contributed by atoms with van der Waals surface area (Å²) in [6.45, 7) is 0. The van der Waals surface area contributed by atoms with Crippen molar-refractivity contribution in [2.75, 3.05) is 0 Å². The van der Waals surface area contributed by atoms with Crippen LogP contribution in [0.25, 0.3) is 0 Å². The summed E-state index contributed by atoms with van der Waals surface area (Å²) in [7, 11) is 0. The maximum absolute atomic E-state index is 11.9. The summed E-state index contributed by atoms with van der Waals surface area (Å²) in [5.74, 6) is 0. The molecule has 0 bridgehead atoms. The van der Waals surface area contributed by atoms with Crippen LogP contribution in [0.3, 0.4) is 0 Å². The van der Waals surface area contributed by atoms with Crippen LogP contribution < -0.4 is 11.4 Å². The van der Waals surface area contributed by atoms with Crippen molar-refractivity contribution in [3.8, 4) is 0 Å². The average molecular weight is 267 g/mol. The zero-order valence-corrected chi connectivity index (χ0v) is 10.6. The second kappa shape index (κ2) is 5.05. The lowest BCUT2D eigenvalue weighted by Gasteiger charge is -2.17. The molecule has 0 saturated heterocycles. The van der Waals surface area contributed by atoms with Gasteiger partial charge in [0.25, 0.3) is 0 Å². The van der Waals surface area contributed by atoms with Gasteiger partial charge in [-0.15, -0.1) is 0 Å². The van der Waals surface area contributed by atoms with E-state index < -0.39 is 11.4 Å². The van der Waals surface area contributed by atoms with E-state index in [1.807, 2.05) is 60.7 Å². The van der Waals surface area contributed by atoms with E-state index in [0.717, 1.165) is 11.1 Å². The fourth-order valence-corrected chi connectivity index (χ4v) is 2.29. The van der Waals surface area contributed by atoms with E-state index in [4.69, 9.17) is 0 Å². The summed E-state index contributed by atoms with van der Waals surface area (Å²) < 4.78 is 1.31. The summed E-state index contributed by atoms with van der Waals surface area (Å²) in [6.07, 6.45) is 0. The third kappa shape index (κ3) is 2.21. The molecular weight excluding hydrogens is 254 g/mol. The van der Waals surface area contributed by atoms with Crippen molar-refractivity contribution in [1.29, 1.82) is 0 Å². The van der Waals surface area contributed by atoms with Gasteiger partial charge in [-0.2, -0.15) is 0 Å². The normalized spacial score (nSPS) is 10.8. The first-order valence-corrected chi connectivity index (χ1v) is 6.26. The van der Waals surface area contributed by atoms with E-state index >= 15 is 0 Å². The van der Waals surface area contributed by atoms with Gasteiger partial charge in [0.05, 0.1) is 0 Å². The summed E-state index contributed by atoms with van der Waals surface area (Å²) >= 11 is 0. The van der Waals surface area contributed by atoms with Crippen LogP contribution in [-0.2, 0) is 0 Å². The quantitative estimate of drug-likeness (QED) is 0.755. The molecule has 0 saturated carbocycles. The number of aromatic amines is 2.